The Kier molecular flexibility index (Phi) is 3.33. The summed E-state index contributed by atoms with van der Waals surface area (Å²) in [6.07, 6.45) is 1.17. The fourth-order valence-electron chi connectivity index (χ4n) is 1.78. The maximum Gasteiger partial charge on any atom is 0.135 e. The van der Waals surface area contributed by atoms with E-state index in [1.165, 1.54) is 17.7 Å². The molecule has 78 valence electrons. The van der Waals surface area contributed by atoms with Gasteiger partial charge in [0, 0.05) is 5.56 Å². The molecule has 14 heavy (non-hydrogen) atoms. The monoisotopic (exact) mass is 192 g/mol. The number of hydrogen-bond donors (Lipinski definition) is 0. The van der Waals surface area contributed by atoms with Crippen LogP contribution in [0.4, 0.5) is 5.69 Å². The van der Waals surface area contributed by atoms with Crippen molar-refractivity contribution in [3.63, 3.8) is 0 Å². The molecule has 0 radical (unpaired) electrons. The third kappa shape index (κ3) is 2.85. The number of para-hydroxylation sites is 1. The molecule has 1 aromatic rings. The highest BCUT2D eigenvalue weighted by Gasteiger charge is 2.16. The topological polar surface area (TPSA) is 0 Å². The van der Waals surface area contributed by atoms with Crippen LogP contribution in [0.5, 0.6) is 0 Å². The molecule has 0 N–H and O–H groups in total. The largest absolute Gasteiger partial charge is 0.298 e. The average Bonchev–Trinajstić information content (AvgIpc) is 2.01. The first-order valence-electron chi connectivity index (χ1n) is 5.31. The SMILES string of the molecule is CC(C)Cc1ccccc1[N+](C)(C)C. The summed E-state index contributed by atoms with van der Waals surface area (Å²) in [7, 11) is 6.66. The van der Waals surface area contributed by atoms with Crippen molar-refractivity contribution in [3.8, 4) is 0 Å². The van der Waals surface area contributed by atoms with Crippen molar-refractivity contribution in [3.05, 3.63) is 29.8 Å². The van der Waals surface area contributed by atoms with Crippen LogP contribution in [0.2, 0.25) is 0 Å². The van der Waals surface area contributed by atoms with Crippen LogP contribution in [0.25, 0.3) is 0 Å². The molecule has 1 aromatic carbocycles. The van der Waals surface area contributed by atoms with Crippen molar-refractivity contribution in [2.24, 2.45) is 5.92 Å². The molecule has 0 fully saturated rings. The predicted molar refractivity (Wildman–Crippen MR) is 64.6 cm³/mol. The zero-order chi connectivity index (χ0) is 10.8. The molecule has 0 bridgehead atoms. The average molecular weight is 192 g/mol. The minimum atomic E-state index is 0.725. The van der Waals surface area contributed by atoms with Crippen LogP contribution in [-0.4, -0.2) is 21.1 Å². The van der Waals surface area contributed by atoms with E-state index in [4.69, 9.17) is 0 Å². The fraction of sp³-hybridized carbons (Fsp3) is 0.538. The van der Waals surface area contributed by atoms with Crippen LogP contribution in [0.3, 0.4) is 0 Å². The maximum atomic E-state index is 2.27. The Balaban J connectivity index is 3.04. The second kappa shape index (κ2) is 4.14. The van der Waals surface area contributed by atoms with Crippen molar-refractivity contribution in [1.82, 2.24) is 4.48 Å². The minimum absolute atomic E-state index is 0.725. The van der Waals surface area contributed by atoms with Gasteiger partial charge in [0.1, 0.15) is 5.69 Å². The molecule has 0 aliphatic carbocycles. The molecule has 0 unspecified atom stereocenters. The van der Waals surface area contributed by atoms with E-state index in [-0.39, 0.29) is 0 Å². The van der Waals surface area contributed by atoms with E-state index >= 15 is 0 Å². The molecule has 0 aliphatic rings. The predicted octanol–water partition coefficient (Wildman–Crippen LogP) is 3.08. The lowest BCUT2D eigenvalue weighted by Gasteiger charge is -2.26. The van der Waals surface area contributed by atoms with E-state index in [9.17, 15) is 0 Å². The van der Waals surface area contributed by atoms with Gasteiger partial charge < -0.3 is 0 Å². The summed E-state index contributed by atoms with van der Waals surface area (Å²) >= 11 is 0. The summed E-state index contributed by atoms with van der Waals surface area (Å²) in [6.45, 7) is 4.54. The molecule has 0 heterocycles. The first-order chi connectivity index (χ1) is 6.41. The lowest BCUT2D eigenvalue weighted by atomic mass is 10.0. The second-order valence-electron chi connectivity index (χ2n) is 5.24. The van der Waals surface area contributed by atoms with Crippen molar-refractivity contribution in [2.75, 3.05) is 21.1 Å². The molecule has 1 nitrogen and oxygen atoms in total. The Morgan fingerprint density at radius 1 is 1.07 bits per heavy atom. The molecule has 0 saturated heterocycles. The zero-order valence-corrected chi connectivity index (χ0v) is 10.0. The van der Waals surface area contributed by atoms with Crippen molar-refractivity contribution >= 4 is 5.69 Å². The van der Waals surface area contributed by atoms with Crippen molar-refractivity contribution in [2.45, 2.75) is 20.3 Å². The highest BCUT2D eigenvalue weighted by atomic mass is 15.3. The standard InChI is InChI=1S/C13H22N/c1-11(2)10-12-8-6-7-9-13(12)14(3,4)5/h6-9,11H,10H2,1-5H3/q+1. The highest BCUT2D eigenvalue weighted by molar-refractivity contribution is 5.49. The Hall–Kier alpha value is -0.820. The maximum absolute atomic E-state index is 2.27. The van der Waals surface area contributed by atoms with E-state index in [2.05, 4.69) is 59.3 Å². The van der Waals surface area contributed by atoms with Crippen molar-refractivity contribution in [1.29, 1.82) is 0 Å². The molecule has 0 spiro atoms. The van der Waals surface area contributed by atoms with Crippen LogP contribution in [-0.2, 0) is 6.42 Å². The first-order valence-corrected chi connectivity index (χ1v) is 5.31. The third-order valence-electron chi connectivity index (χ3n) is 2.34. The van der Waals surface area contributed by atoms with Gasteiger partial charge in [-0.05, 0) is 18.4 Å². The summed E-state index contributed by atoms with van der Waals surface area (Å²) in [5, 5.41) is 0. The first kappa shape index (κ1) is 11.3. The molecule has 0 aromatic heterocycles. The molecule has 1 heteroatoms. The third-order valence-corrected chi connectivity index (χ3v) is 2.34. The van der Waals surface area contributed by atoms with E-state index < -0.39 is 0 Å². The fourth-order valence-corrected chi connectivity index (χ4v) is 1.78. The quantitative estimate of drug-likeness (QED) is 0.646. The van der Waals surface area contributed by atoms with Gasteiger partial charge in [-0.3, -0.25) is 4.48 Å². The van der Waals surface area contributed by atoms with Gasteiger partial charge in [-0.15, -0.1) is 0 Å². The van der Waals surface area contributed by atoms with Crippen LogP contribution in [0.15, 0.2) is 24.3 Å². The van der Waals surface area contributed by atoms with Crippen LogP contribution in [0, 0.1) is 5.92 Å². The van der Waals surface area contributed by atoms with Gasteiger partial charge in [0.2, 0.25) is 0 Å². The van der Waals surface area contributed by atoms with Crippen molar-refractivity contribution < 1.29 is 0 Å². The zero-order valence-electron chi connectivity index (χ0n) is 10.0. The van der Waals surface area contributed by atoms with E-state index in [0.29, 0.717) is 0 Å². The second-order valence-corrected chi connectivity index (χ2v) is 5.24. The van der Waals surface area contributed by atoms with Crippen LogP contribution < -0.4 is 4.48 Å². The number of nitrogens with zero attached hydrogens (tertiary/aromatic N) is 1. The van der Waals surface area contributed by atoms with Gasteiger partial charge in [0.05, 0.1) is 21.1 Å². The summed E-state index contributed by atoms with van der Waals surface area (Å²) in [6, 6.07) is 8.75. The normalized spacial score (nSPS) is 12.1. The summed E-state index contributed by atoms with van der Waals surface area (Å²) in [5.41, 5.74) is 2.91. The van der Waals surface area contributed by atoms with Gasteiger partial charge in [0.25, 0.3) is 0 Å². The molecule has 0 atom stereocenters. The molecule has 1 rings (SSSR count). The van der Waals surface area contributed by atoms with E-state index in [1.54, 1.807) is 0 Å². The van der Waals surface area contributed by atoms with Crippen LogP contribution >= 0.6 is 0 Å². The summed E-state index contributed by atoms with van der Waals surface area (Å²) < 4.78 is 0.906. The van der Waals surface area contributed by atoms with Gasteiger partial charge in [-0.25, -0.2) is 0 Å². The minimum Gasteiger partial charge on any atom is -0.298 e. The highest BCUT2D eigenvalue weighted by Crippen LogP contribution is 2.24. The Morgan fingerprint density at radius 2 is 1.64 bits per heavy atom. The molecular formula is C13H22N+. The molecule has 0 saturated carbocycles. The Labute approximate surface area is 88.0 Å². The Morgan fingerprint density at radius 3 is 2.14 bits per heavy atom. The lowest BCUT2D eigenvalue weighted by molar-refractivity contribution is 0.478. The van der Waals surface area contributed by atoms with Crippen LogP contribution in [0.1, 0.15) is 19.4 Å². The number of rotatable bonds is 3. The number of benzene rings is 1. The van der Waals surface area contributed by atoms with Gasteiger partial charge in [-0.2, -0.15) is 0 Å². The number of quaternary nitrogens is 1. The van der Waals surface area contributed by atoms with E-state index in [1.807, 2.05) is 0 Å². The summed E-state index contributed by atoms with van der Waals surface area (Å²) in [5.74, 6) is 0.725. The van der Waals surface area contributed by atoms with Gasteiger partial charge in [0.15, 0.2) is 0 Å². The smallest absolute Gasteiger partial charge is 0.135 e. The van der Waals surface area contributed by atoms with E-state index in [0.717, 1.165) is 10.4 Å². The Bertz CT molecular complexity index is 294. The lowest BCUT2D eigenvalue weighted by Crippen LogP contribution is -2.35. The van der Waals surface area contributed by atoms with Gasteiger partial charge >= 0.3 is 0 Å². The van der Waals surface area contributed by atoms with Gasteiger partial charge in [-0.1, -0.05) is 32.0 Å². The number of hydrogen-bond acceptors (Lipinski definition) is 0. The molecule has 0 aliphatic heterocycles. The molecular weight excluding hydrogens is 170 g/mol. The summed E-state index contributed by atoms with van der Waals surface area (Å²) in [4.78, 5) is 0. The molecule has 0 amide bonds.